The molecule has 0 spiro atoms. The Morgan fingerprint density at radius 1 is 1.31 bits per heavy atom. The first-order valence-electron chi connectivity index (χ1n) is 8.17. The SMILES string of the molecule is C[C@@H](O)[C@H](N)C(=O)NC[C@@H]1CC[C@@H](CCB(O)O)C[C@]1(N)C(=O)O.Cl.Cl. The van der Waals surface area contributed by atoms with Gasteiger partial charge in [0.1, 0.15) is 11.6 Å². The van der Waals surface area contributed by atoms with E-state index in [2.05, 4.69) is 5.32 Å². The van der Waals surface area contributed by atoms with Crippen LogP contribution in [-0.4, -0.2) is 63.5 Å². The molecule has 154 valence electrons. The van der Waals surface area contributed by atoms with Crippen LogP contribution >= 0.6 is 24.8 Å². The number of carbonyl (C=O) groups excluding carboxylic acids is 1. The van der Waals surface area contributed by atoms with Crippen molar-refractivity contribution >= 4 is 43.8 Å². The number of carboxylic acids is 1. The average Bonchev–Trinajstić information content (AvgIpc) is 2.50. The standard InChI is InChI=1S/C14H28BN3O6.2ClH/c1-8(19)11(16)12(20)18-7-10-3-2-9(4-5-15(23)24)6-14(10,17)13(21)22;;/h8-11,19,23-24H,2-7,16-17H2,1H3,(H,18,20)(H,21,22);2*1H/t8-,9+,10+,11+,14-;;/m1../s1. The van der Waals surface area contributed by atoms with E-state index in [9.17, 15) is 19.8 Å². The normalized spacial score (nSPS) is 27.3. The van der Waals surface area contributed by atoms with Gasteiger partial charge in [-0.3, -0.25) is 9.59 Å². The van der Waals surface area contributed by atoms with E-state index in [-0.39, 0.29) is 50.0 Å². The fraction of sp³-hybridized carbons (Fsp3) is 0.857. The smallest absolute Gasteiger partial charge is 0.451 e. The molecule has 1 saturated carbocycles. The van der Waals surface area contributed by atoms with E-state index in [1.807, 2.05) is 0 Å². The Balaban J connectivity index is 0. The van der Waals surface area contributed by atoms with Crippen molar-refractivity contribution in [2.45, 2.75) is 56.6 Å². The molecule has 1 rings (SSSR count). The van der Waals surface area contributed by atoms with E-state index in [1.54, 1.807) is 0 Å². The highest BCUT2D eigenvalue weighted by molar-refractivity contribution is 6.40. The molecule has 0 saturated heterocycles. The Hall–Kier alpha value is -0.615. The molecule has 1 fully saturated rings. The second-order valence-corrected chi connectivity index (χ2v) is 6.76. The zero-order valence-electron chi connectivity index (χ0n) is 14.7. The topological polar surface area (TPSA) is 179 Å². The molecule has 1 aliphatic carbocycles. The van der Waals surface area contributed by atoms with Crippen molar-refractivity contribution in [3.05, 3.63) is 0 Å². The number of nitrogens with two attached hydrogens (primary N) is 2. The minimum atomic E-state index is -1.49. The van der Waals surface area contributed by atoms with Crippen LogP contribution in [0.25, 0.3) is 0 Å². The maximum absolute atomic E-state index is 11.8. The fourth-order valence-electron chi connectivity index (χ4n) is 3.18. The quantitative estimate of drug-likeness (QED) is 0.238. The van der Waals surface area contributed by atoms with Gasteiger partial charge in [0, 0.05) is 12.5 Å². The summed E-state index contributed by atoms with van der Waals surface area (Å²) in [5.74, 6) is -2.17. The summed E-state index contributed by atoms with van der Waals surface area (Å²) in [6.45, 7) is 1.47. The van der Waals surface area contributed by atoms with E-state index in [0.717, 1.165) is 0 Å². The van der Waals surface area contributed by atoms with Gasteiger partial charge >= 0.3 is 13.1 Å². The molecule has 0 aromatic carbocycles. The summed E-state index contributed by atoms with van der Waals surface area (Å²) in [6.07, 6.45) is 1.05. The van der Waals surface area contributed by atoms with Crippen molar-refractivity contribution < 1.29 is 29.9 Å². The van der Waals surface area contributed by atoms with Crippen LogP contribution in [0, 0.1) is 11.8 Å². The summed E-state index contributed by atoms with van der Waals surface area (Å²) >= 11 is 0. The zero-order valence-corrected chi connectivity index (χ0v) is 16.3. The predicted octanol–water partition coefficient (Wildman–Crippen LogP) is -1.28. The minimum absolute atomic E-state index is 0. The monoisotopic (exact) mass is 417 g/mol. The number of aliphatic hydroxyl groups excluding tert-OH is 1. The lowest BCUT2D eigenvalue weighted by Crippen LogP contribution is -2.60. The predicted molar refractivity (Wildman–Crippen MR) is 102 cm³/mol. The number of rotatable bonds is 8. The third kappa shape index (κ3) is 7.55. The summed E-state index contributed by atoms with van der Waals surface area (Å²) in [7, 11) is -1.42. The highest BCUT2D eigenvalue weighted by atomic mass is 35.5. The average molecular weight is 418 g/mol. The molecule has 0 aromatic heterocycles. The second-order valence-electron chi connectivity index (χ2n) is 6.76. The lowest BCUT2D eigenvalue weighted by molar-refractivity contribution is -0.148. The third-order valence-corrected chi connectivity index (χ3v) is 4.85. The Labute approximate surface area is 165 Å². The maximum atomic E-state index is 11.8. The Kier molecular flexibility index (Phi) is 12.7. The highest BCUT2D eigenvalue weighted by Crippen LogP contribution is 2.38. The number of amides is 1. The van der Waals surface area contributed by atoms with E-state index in [4.69, 9.17) is 21.5 Å². The Bertz CT molecular complexity index is 460. The van der Waals surface area contributed by atoms with E-state index in [0.29, 0.717) is 19.3 Å². The Morgan fingerprint density at radius 2 is 1.88 bits per heavy atom. The van der Waals surface area contributed by atoms with Gasteiger partial charge in [-0.25, -0.2) is 0 Å². The van der Waals surface area contributed by atoms with Gasteiger partial charge < -0.3 is 37.0 Å². The van der Waals surface area contributed by atoms with Gasteiger partial charge in [-0.15, -0.1) is 24.8 Å². The van der Waals surface area contributed by atoms with Crippen molar-refractivity contribution in [2.24, 2.45) is 23.3 Å². The lowest BCUT2D eigenvalue weighted by atomic mass is 9.66. The molecule has 0 bridgehead atoms. The minimum Gasteiger partial charge on any atom is -0.480 e. The van der Waals surface area contributed by atoms with Gasteiger partial charge in [0.2, 0.25) is 5.91 Å². The number of hydrogen-bond donors (Lipinski definition) is 7. The molecule has 0 heterocycles. The fourth-order valence-corrected chi connectivity index (χ4v) is 3.18. The maximum Gasteiger partial charge on any atom is 0.451 e. The first kappa shape index (κ1) is 27.6. The molecule has 0 radical (unpaired) electrons. The molecule has 1 amide bonds. The first-order chi connectivity index (χ1) is 11.1. The van der Waals surface area contributed by atoms with Crippen LogP contribution in [0.4, 0.5) is 0 Å². The first-order valence-corrected chi connectivity index (χ1v) is 8.17. The summed E-state index contributed by atoms with van der Waals surface area (Å²) in [6, 6.07) is -1.08. The number of carboxylic acid groups (broad SMARTS) is 1. The lowest BCUT2D eigenvalue weighted by Gasteiger charge is -2.41. The van der Waals surface area contributed by atoms with Crippen LogP contribution in [0.5, 0.6) is 0 Å². The van der Waals surface area contributed by atoms with Gasteiger partial charge in [0.15, 0.2) is 0 Å². The molecule has 9 N–H and O–H groups in total. The number of halogens is 2. The molecule has 0 unspecified atom stereocenters. The summed E-state index contributed by atoms with van der Waals surface area (Å²) < 4.78 is 0. The second kappa shape index (κ2) is 12.0. The number of carbonyl (C=O) groups is 2. The van der Waals surface area contributed by atoms with Crippen LogP contribution in [0.1, 0.15) is 32.6 Å². The molecule has 1 aliphatic rings. The van der Waals surface area contributed by atoms with Gasteiger partial charge in [-0.1, -0.05) is 6.42 Å². The van der Waals surface area contributed by atoms with Crippen molar-refractivity contribution in [1.82, 2.24) is 5.32 Å². The van der Waals surface area contributed by atoms with Crippen LogP contribution in [0.3, 0.4) is 0 Å². The van der Waals surface area contributed by atoms with Gasteiger partial charge in [-0.2, -0.15) is 0 Å². The molecule has 9 nitrogen and oxygen atoms in total. The van der Waals surface area contributed by atoms with Crippen LogP contribution < -0.4 is 16.8 Å². The molecule has 12 heteroatoms. The van der Waals surface area contributed by atoms with Crippen LogP contribution in [0.15, 0.2) is 0 Å². The van der Waals surface area contributed by atoms with Crippen LogP contribution in [-0.2, 0) is 9.59 Å². The van der Waals surface area contributed by atoms with Gasteiger partial charge in [0.25, 0.3) is 0 Å². The molecular formula is C14H30BCl2N3O6. The number of nitrogens with one attached hydrogen (secondary N) is 1. The summed E-state index contributed by atoms with van der Waals surface area (Å²) in [5.41, 5.74) is 10.2. The largest absolute Gasteiger partial charge is 0.480 e. The summed E-state index contributed by atoms with van der Waals surface area (Å²) in [4.78, 5) is 23.5. The number of aliphatic carboxylic acids is 1. The number of aliphatic hydroxyl groups is 1. The van der Waals surface area contributed by atoms with E-state index >= 15 is 0 Å². The molecule has 0 aliphatic heterocycles. The van der Waals surface area contributed by atoms with E-state index in [1.165, 1.54) is 6.92 Å². The summed E-state index contributed by atoms with van der Waals surface area (Å²) in [5, 5.41) is 39.3. The van der Waals surface area contributed by atoms with Gasteiger partial charge in [0.05, 0.1) is 6.10 Å². The van der Waals surface area contributed by atoms with Crippen molar-refractivity contribution in [2.75, 3.05) is 6.54 Å². The van der Waals surface area contributed by atoms with Crippen molar-refractivity contribution in [1.29, 1.82) is 0 Å². The molecular weight excluding hydrogens is 388 g/mol. The number of hydrogen-bond acceptors (Lipinski definition) is 7. The zero-order chi connectivity index (χ0) is 18.5. The molecule has 0 aromatic rings. The van der Waals surface area contributed by atoms with Gasteiger partial charge in [-0.05, 0) is 38.4 Å². The molecule has 26 heavy (non-hydrogen) atoms. The molecule has 5 atom stereocenters. The third-order valence-electron chi connectivity index (χ3n) is 4.85. The highest BCUT2D eigenvalue weighted by Gasteiger charge is 2.47. The van der Waals surface area contributed by atoms with Crippen LogP contribution in [0.2, 0.25) is 6.32 Å². The van der Waals surface area contributed by atoms with Crippen molar-refractivity contribution in [3.63, 3.8) is 0 Å². The van der Waals surface area contributed by atoms with E-state index < -0.39 is 42.6 Å². The van der Waals surface area contributed by atoms with Crippen molar-refractivity contribution in [3.8, 4) is 0 Å². The Morgan fingerprint density at radius 3 is 2.35 bits per heavy atom.